The zero-order valence-corrected chi connectivity index (χ0v) is 15.5. The summed E-state index contributed by atoms with van der Waals surface area (Å²) in [6, 6.07) is 12.8. The number of nitrogens with one attached hydrogen (secondary N) is 3. The van der Waals surface area contributed by atoms with Crippen LogP contribution in [0.25, 0.3) is 22.0 Å². The van der Waals surface area contributed by atoms with E-state index in [2.05, 4.69) is 20.8 Å². The van der Waals surface area contributed by atoms with Gasteiger partial charge in [0.15, 0.2) is 5.82 Å². The van der Waals surface area contributed by atoms with Gasteiger partial charge in [-0.1, -0.05) is 23.7 Å². The van der Waals surface area contributed by atoms with Crippen LogP contribution in [-0.2, 0) is 0 Å². The number of anilines is 3. The summed E-state index contributed by atoms with van der Waals surface area (Å²) in [5, 5.41) is 12.3. The fraction of sp³-hybridized carbons (Fsp3) is 0. The van der Waals surface area contributed by atoms with E-state index in [1.807, 2.05) is 0 Å². The van der Waals surface area contributed by atoms with Crippen molar-refractivity contribution in [3.63, 3.8) is 0 Å². The average Bonchev–Trinajstić information content (AvgIpc) is 3.06. The van der Waals surface area contributed by atoms with Crippen LogP contribution in [0, 0.1) is 11.6 Å². The van der Waals surface area contributed by atoms with Crippen LogP contribution in [0.3, 0.4) is 0 Å². The van der Waals surface area contributed by atoms with Crippen molar-refractivity contribution in [2.24, 2.45) is 0 Å². The Kier molecular flexibility index (Phi) is 4.77. The molecule has 0 saturated heterocycles. The smallest absolute Gasteiger partial charge is 0.323 e. The van der Waals surface area contributed by atoms with Gasteiger partial charge in [0.05, 0.1) is 15.9 Å². The predicted molar refractivity (Wildman–Crippen MR) is 110 cm³/mol. The number of amides is 2. The van der Waals surface area contributed by atoms with Gasteiger partial charge in [-0.25, -0.2) is 13.6 Å². The molecule has 5 N–H and O–H groups in total. The minimum Gasteiger partial charge on any atom is -0.382 e. The van der Waals surface area contributed by atoms with E-state index in [0.717, 1.165) is 6.07 Å². The lowest BCUT2D eigenvalue weighted by Crippen LogP contribution is -2.19. The fourth-order valence-corrected chi connectivity index (χ4v) is 3.16. The van der Waals surface area contributed by atoms with E-state index in [0.29, 0.717) is 33.4 Å². The van der Waals surface area contributed by atoms with E-state index in [9.17, 15) is 13.6 Å². The second-order valence-electron chi connectivity index (χ2n) is 6.24. The van der Waals surface area contributed by atoms with Gasteiger partial charge in [-0.05, 0) is 48.0 Å². The Morgan fingerprint density at radius 2 is 1.62 bits per heavy atom. The van der Waals surface area contributed by atoms with Gasteiger partial charge >= 0.3 is 6.03 Å². The van der Waals surface area contributed by atoms with Gasteiger partial charge in [0.1, 0.15) is 11.6 Å². The fourth-order valence-electron chi connectivity index (χ4n) is 2.98. The number of H-pyrrole nitrogens is 1. The molecule has 29 heavy (non-hydrogen) atoms. The molecule has 0 fully saturated rings. The Bertz CT molecular complexity index is 1220. The van der Waals surface area contributed by atoms with Crippen LogP contribution < -0.4 is 16.4 Å². The molecule has 1 heterocycles. The number of halogens is 3. The molecule has 0 aliphatic heterocycles. The largest absolute Gasteiger partial charge is 0.382 e. The molecule has 1 aromatic heterocycles. The highest BCUT2D eigenvalue weighted by atomic mass is 35.5. The maximum absolute atomic E-state index is 14.5. The second-order valence-corrected chi connectivity index (χ2v) is 6.65. The molecule has 0 saturated carbocycles. The van der Waals surface area contributed by atoms with Crippen LogP contribution in [0.2, 0.25) is 5.02 Å². The van der Waals surface area contributed by atoms with E-state index in [-0.39, 0.29) is 10.8 Å². The van der Waals surface area contributed by atoms with E-state index < -0.39 is 17.7 Å². The van der Waals surface area contributed by atoms with Crippen LogP contribution in [0.5, 0.6) is 0 Å². The molecular weight excluding hydrogens is 400 g/mol. The van der Waals surface area contributed by atoms with Crippen LogP contribution in [0.15, 0.2) is 54.6 Å². The number of benzene rings is 3. The minimum atomic E-state index is -0.575. The van der Waals surface area contributed by atoms with Crippen LogP contribution in [0.4, 0.5) is 30.8 Å². The molecule has 0 spiro atoms. The van der Waals surface area contributed by atoms with Crippen LogP contribution in [0.1, 0.15) is 0 Å². The molecule has 0 aliphatic rings. The van der Waals surface area contributed by atoms with E-state index in [1.165, 1.54) is 18.2 Å². The summed E-state index contributed by atoms with van der Waals surface area (Å²) in [7, 11) is 0. The zero-order chi connectivity index (χ0) is 20.5. The summed E-state index contributed by atoms with van der Waals surface area (Å²) in [4.78, 5) is 12.1. The number of carbonyl (C=O) groups excluding carboxylic acids is 1. The second kappa shape index (κ2) is 7.40. The van der Waals surface area contributed by atoms with Gasteiger partial charge < -0.3 is 16.4 Å². The summed E-state index contributed by atoms with van der Waals surface area (Å²) >= 11 is 5.70. The Morgan fingerprint density at radius 1 is 0.966 bits per heavy atom. The molecule has 0 atom stereocenters. The molecule has 0 radical (unpaired) electrons. The number of nitrogens with zero attached hydrogens (tertiary/aromatic N) is 1. The van der Waals surface area contributed by atoms with Crippen molar-refractivity contribution in [3.05, 3.63) is 71.3 Å². The Morgan fingerprint density at radius 3 is 2.34 bits per heavy atom. The summed E-state index contributed by atoms with van der Waals surface area (Å²) in [6.45, 7) is 0. The highest BCUT2D eigenvalue weighted by Crippen LogP contribution is 2.34. The first-order valence-corrected chi connectivity index (χ1v) is 8.86. The predicted octanol–water partition coefficient (Wildman–Crippen LogP) is 5.39. The van der Waals surface area contributed by atoms with Crippen molar-refractivity contribution in [2.45, 2.75) is 0 Å². The van der Waals surface area contributed by atoms with Gasteiger partial charge in [0.25, 0.3) is 0 Å². The molecule has 2 amide bonds. The lowest BCUT2D eigenvalue weighted by atomic mass is 10.0. The molecule has 3 aromatic carbocycles. The third-order valence-electron chi connectivity index (χ3n) is 4.32. The molecule has 0 bridgehead atoms. The SMILES string of the molecule is Nc1n[nH]c2ccc(F)c(-c3ccc(NC(=O)Nc4ccc(F)c(Cl)c4)cc3)c12. The van der Waals surface area contributed by atoms with Crippen molar-refractivity contribution in [1.82, 2.24) is 10.2 Å². The number of nitrogen functional groups attached to an aromatic ring is 1. The number of hydrogen-bond acceptors (Lipinski definition) is 3. The van der Waals surface area contributed by atoms with Crippen molar-refractivity contribution >= 4 is 45.7 Å². The monoisotopic (exact) mass is 413 g/mol. The van der Waals surface area contributed by atoms with E-state index in [4.69, 9.17) is 17.3 Å². The first kappa shape index (κ1) is 18.7. The molecule has 6 nitrogen and oxygen atoms in total. The van der Waals surface area contributed by atoms with E-state index in [1.54, 1.807) is 30.3 Å². The zero-order valence-electron chi connectivity index (χ0n) is 14.8. The average molecular weight is 414 g/mol. The molecule has 146 valence electrons. The van der Waals surface area contributed by atoms with E-state index >= 15 is 0 Å². The van der Waals surface area contributed by atoms with Gasteiger partial charge in [-0.15, -0.1) is 0 Å². The number of aromatic amines is 1. The molecule has 4 rings (SSSR count). The third-order valence-corrected chi connectivity index (χ3v) is 4.61. The number of hydrogen-bond donors (Lipinski definition) is 4. The molecule has 0 unspecified atom stereocenters. The summed E-state index contributed by atoms with van der Waals surface area (Å²) in [6.07, 6.45) is 0. The summed E-state index contributed by atoms with van der Waals surface area (Å²) in [5.41, 5.74) is 8.22. The quantitative estimate of drug-likeness (QED) is 0.362. The number of carbonyl (C=O) groups is 1. The Hall–Kier alpha value is -3.65. The van der Waals surface area contributed by atoms with Gasteiger partial charge in [0, 0.05) is 16.9 Å². The van der Waals surface area contributed by atoms with Crippen molar-refractivity contribution in [3.8, 4) is 11.1 Å². The highest BCUT2D eigenvalue weighted by molar-refractivity contribution is 6.31. The Labute approximate surface area is 168 Å². The number of fused-ring (bicyclic) bond motifs is 1. The number of nitrogens with two attached hydrogens (primary N) is 1. The highest BCUT2D eigenvalue weighted by Gasteiger charge is 2.15. The first-order valence-electron chi connectivity index (χ1n) is 8.48. The molecular formula is C20H14ClF2N5O. The van der Waals surface area contributed by atoms with Gasteiger partial charge in [-0.2, -0.15) is 5.10 Å². The van der Waals surface area contributed by atoms with Crippen LogP contribution in [-0.4, -0.2) is 16.2 Å². The van der Waals surface area contributed by atoms with Gasteiger partial charge in [0.2, 0.25) is 0 Å². The number of rotatable bonds is 3. The maximum atomic E-state index is 14.5. The number of urea groups is 1. The molecule has 4 aromatic rings. The minimum absolute atomic E-state index is 0.0955. The lowest BCUT2D eigenvalue weighted by Gasteiger charge is -2.10. The normalized spacial score (nSPS) is 10.9. The lowest BCUT2D eigenvalue weighted by molar-refractivity contribution is 0.262. The summed E-state index contributed by atoms with van der Waals surface area (Å²) < 4.78 is 27.7. The first-order chi connectivity index (χ1) is 13.9. The maximum Gasteiger partial charge on any atom is 0.323 e. The standard InChI is InChI=1S/C20H14ClF2N5O/c21-13-9-12(5-6-14(13)22)26-20(29)25-11-3-1-10(2-4-11)17-15(23)7-8-16-18(17)19(24)28-27-16/h1-9H,(H3,24,27,28)(H2,25,26,29). The molecule has 9 heteroatoms. The Balaban J connectivity index is 1.54. The van der Waals surface area contributed by atoms with Crippen molar-refractivity contribution in [2.75, 3.05) is 16.4 Å². The summed E-state index contributed by atoms with van der Waals surface area (Å²) in [5.74, 6) is -0.806. The van der Waals surface area contributed by atoms with Crippen molar-refractivity contribution < 1.29 is 13.6 Å². The van der Waals surface area contributed by atoms with Crippen LogP contribution >= 0.6 is 11.6 Å². The van der Waals surface area contributed by atoms with Gasteiger partial charge in [-0.3, -0.25) is 5.10 Å². The topological polar surface area (TPSA) is 95.8 Å². The molecule has 0 aliphatic carbocycles. The van der Waals surface area contributed by atoms with Crippen molar-refractivity contribution in [1.29, 1.82) is 0 Å². The number of aromatic nitrogens is 2. The third kappa shape index (κ3) is 3.70.